The number of hydrogen-bond acceptors (Lipinski definition) is 3. The average Bonchev–Trinajstić information content (AvgIpc) is 3.77. The average molecular weight is 762 g/mol. The molecule has 1 atom stereocenters. The first-order valence-corrected chi connectivity index (χ1v) is 21.0. The minimum absolute atomic E-state index is 0.378. The molecular weight excluding hydrogens is 719 g/mol. The van der Waals surface area contributed by atoms with Crippen molar-refractivity contribution in [2.75, 3.05) is 0 Å². The van der Waals surface area contributed by atoms with Crippen LogP contribution < -0.4 is 10.4 Å². The van der Waals surface area contributed by atoms with Crippen LogP contribution in [0, 0.1) is 0 Å². The van der Waals surface area contributed by atoms with Gasteiger partial charge in [-0.25, -0.2) is 9.97 Å². The smallest absolute Gasteiger partial charge is 0.158 e. The minimum atomic E-state index is -0.378. The number of rotatable bonds is 4. The summed E-state index contributed by atoms with van der Waals surface area (Å²) in [7, 11) is 0. The van der Waals surface area contributed by atoms with Crippen molar-refractivity contribution < 1.29 is 0 Å². The first-order valence-electron chi connectivity index (χ1n) is 21.0. The number of allylic oxidation sites excluding steroid dienone is 4. The molecule has 4 aromatic heterocycles. The molecule has 4 heterocycles. The van der Waals surface area contributed by atoms with Crippen LogP contribution in [0.1, 0.15) is 85.4 Å². The molecule has 5 heteroatoms. The van der Waals surface area contributed by atoms with E-state index in [1.54, 1.807) is 0 Å². The lowest BCUT2D eigenvalue weighted by Crippen LogP contribution is -2.24. The molecule has 1 unspecified atom stereocenters. The Balaban J connectivity index is 1.15. The summed E-state index contributed by atoms with van der Waals surface area (Å²) in [5, 5.41) is 4.96. The Morgan fingerprint density at radius 2 is 1.59 bits per heavy atom. The van der Waals surface area contributed by atoms with Crippen LogP contribution in [-0.4, -0.2) is 24.1 Å². The zero-order valence-corrected chi connectivity index (χ0v) is 33.6. The highest BCUT2D eigenvalue weighted by Crippen LogP contribution is 2.52. The Morgan fingerprint density at radius 3 is 2.47 bits per heavy atom. The summed E-state index contributed by atoms with van der Waals surface area (Å²) in [6.07, 6.45) is 23.6. The quantitative estimate of drug-likeness (QED) is 0.179. The van der Waals surface area contributed by atoms with Gasteiger partial charge in [0.1, 0.15) is 5.82 Å². The second kappa shape index (κ2) is 12.8. The molecule has 0 saturated carbocycles. The molecule has 0 saturated heterocycles. The summed E-state index contributed by atoms with van der Waals surface area (Å²) < 4.78 is 4.96. The fourth-order valence-corrected chi connectivity index (χ4v) is 10.5. The van der Waals surface area contributed by atoms with E-state index in [0.717, 1.165) is 54.1 Å². The fourth-order valence-electron chi connectivity index (χ4n) is 10.5. The van der Waals surface area contributed by atoms with Crippen molar-refractivity contribution in [2.45, 2.75) is 57.8 Å². The maximum absolute atomic E-state index is 5.79. The predicted molar refractivity (Wildman–Crippen MR) is 243 cm³/mol. The van der Waals surface area contributed by atoms with Crippen LogP contribution in [0.25, 0.3) is 85.6 Å². The second-order valence-corrected chi connectivity index (χ2v) is 17.1. The van der Waals surface area contributed by atoms with E-state index in [1.165, 1.54) is 82.8 Å². The third-order valence-corrected chi connectivity index (χ3v) is 13.3. The van der Waals surface area contributed by atoms with Gasteiger partial charge in [-0.15, -0.1) is 0 Å². The summed E-state index contributed by atoms with van der Waals surface area (Å²) in [5.74, 6) is 2.20. The van der Waals surface area contributed by atoms with Crippen molar-refractivity contribution in [3.8, 4) is 33.9 Å². The van der Waals surface area contributed by atoms with E-state index in [1.807, 2.05) is 12.4 Å². The molecule has 284 valence electrons. The van der Waals surface area contributed by atoms with Gasteiger partial charge in [-0.2, -0.15) is 0 Å². The highest BCUT2D eigenvalue weighted by Gasteiger charge is 2.42. The first-order chi connectivity index (χ1) is 28.9. The van der Waals surface area contributed by atoms with Crippen molar-refractivity contribution in [1.82, 2.24) is 24.1 Å². The number of aromatic nitrogens is 5. The summed E-state index contributed by atoms with van der Waals surface area (Å²) in [5.41, 5.74) is 16.8. The Bertz CT molecular complexity index is 3300. The van der Waals surface area contributed by atoms with Crippen molar-refractivity contribution in [2.24, 2.45) is 0 Å². The van der Waals surface area contributed by atoms with Crippen LogP contribution in [-0.2, 0) is 11.8 Å². The predicted octanol–water partition coefficient (Wildman–Crippen LogP) is 11.3. The topological polar surface area (TPSA) is 48.5 Å². The molecule has 0 amide bonds. The first kappa shape index (κ1) is 34.2. The van der Waals surface area contributed by atoms with Crippen molar-refractivity contribution >= 4 is 51.7 Å². The number of pyridine rings is 1. The van der Waals surface area contributed by atoms with Gasteiger partial charge in [0.2, 0.25) is 0 Å². The molecule has 4 aliphatic rings. The minimum Gasteiger partial charge on any atom is -0.313 e. The molecule has 4 aromatic carbocycles. The molecular formula is C54H43N5. The van der Waals surface area contributed by atoms with Gasteiger partial charge in [0.05, 0.1) is 16.7 Å². The van der Waals surface area contributed by atoms with Gasteiger partial charge in [0.15, 0.2) is 5.82 Å². The normalized spacial score (nSPS) is 17.0. The monoisotopic (exact) mass is 761 g/mol. The molecule has 0 N–H and O–H groups in total. The summed E-state index contributed by atoms with van der Waals surface area (Å²) >= 11 is 0. The van der Waals surface area contributed by atoms with E-state index < -0.39 is 0 Å². The van der Waals surface area contributed by atoms with Gasteiger partial charge < -0.3 is 4.57 Å². The van der Waals surface area contributed by atoms with E-state index in [0.29, 0.717) is 5.92 Å². The highest BCUT2D eigenvalue weighted by molar-refractivity contribution is 6.09. The van der Waals surface area contributed by atoms with Crippen molar-refractivity contribution in [3.63, 3.8) is 0 Å². The maximum atomic E-state index is 5.79. The maximum Gasteiger partial charge on any atom is 0.158 e. The van der Waals surface area contributed by atoms with Gasteiger partial charge >= 0.3 is 0 Å². The van der Waals surface area contributed by atoms with Crippen LogP contribution in [0.15, 0.2) is 128 Å². The van der Waals surface area contributed by atoms with Gasteiger partial charge in [-0.05, 0) is 131 Å². The van der Waals surface area contributed by atoms with Crippen molar-refractivity contribution in [1.29, 1.82) is 0 Å². The Morgan fingerprint density at radius 1 is 0.746 bits per heavy atom. The zero-order valence-electron chi connectivity index (χ0n) is 33.6. The number of nitrogens with zero attached hydrogens (tertiary/aromatic N) is 5. The van der Waals surface area contributed by atoms with Crippen LogP contribution in [0.2, 0.25) is 0 Å². The van der Waals surface area contributed by atoms with Gasteiger partial charge in [0.25, 0.3) is 0 Å². The SMILES string of the molecule is CC1CC=Cc2c1c1c(n2-c2ccccc2)CCC(c2nc3c(c(-n4c5ccccc5c5cc6c(cc54)=CCC=CC=6)n2)C(C)(C)c2cc(-c4ccncc4)ccc2-3)=C1. The molecule has 0 radical (unpaired) electrons. The molecule has 0 bridgehead atoms. The van der Waals surface area contributed by atoms with E-state index in [-0.39, 0.29) is 5.41 Å². The molecule has 4 aliphatic carbocycles. The molecule has 0 fully saturated rings. The molecule has 0 aliphatic heterocycles. The lowest BCUT2D eigenvalue weighted by atomic mass is 9.81. The standard InChI is InChI=1S/C54H43N5/c1-33-13-12-20-47-49(33)43-30-38(22-24-46(43)58(47)39-16-8-5-9-17-39)52-56-51-41-23-21-37(34-25-27-55-28-26-34)31-44(41)54(2,3)50(51)53(57-52)59-45-19-11-10-18-40(45)42-29-35-14-6-4-7-15-36(35)32-48(42)59/h4-6,8-12,14-21,23,25-33H,7,13,22,24H2,1-3H3. The molecule has 0 spiro atoms. The summed E-state index contributed by atoms with van der Waals surface area (Å²) in [6, 6.07) is 35.6. The van der Waals surface area contributed by atoms with Gasteiger partial charge in [0, 0.05) is 62.3 Å². The number of hydrogen-bond donors (Lipinski definition) is 0. The Kier molecular flexibility index (Phi) is 7.44. The van der Waals surface area contributed by atoms with E-state index in [4.69, 9.17) is 9.97 Å². The second-order valence-electron chi connectivity index (χ2n) is 17.1. The summed E-state index contributed by atoms with van der Waals surface area (Å²) in [6.45, 7) is 7.08. The van der Waals surface area contributed by atoms with Crippen molar-refractivity contribution in [3.05, 3.63) is 178 Å². The van der Waals surface area contributed by atoms with E-state index in [9.17, 15) is 0 Å². The molecule has 8 aromatic rings. The number of benzene rings is 4. The number of fused-ring (bicyclic) bond motifs is 10. The largest absolute Gasteiger partial charge is 0.313 e. The summed E-state index contributed by atoms with van der Waals surface area (Å²) in [4.78, 5) is 15.7. The Labute approximate surface area is 343 Å². The van der Waals surface area contributed by atoms with E-state index in [2.05, 4.69) is 174 Å². The van der Waals surface area contributed by atoms with Gasteiger partial charge in [-0.3, -0.25) is 9.55 Å². The van der Waals surface area contributed by atoms with Crippen LogP contribution >= 0.6 is 0 Å². The van der Waals surface area contributed by atoms with E-state index >= 15 is 0 Å². The molecule has 12 rings (SSSR count). The molecule has 59 heavy (non-hydrogen) atoms. The number of para-hydroxylation sites is 2. The van der Waals surface area contributed by atoms with Gasteiger partial charge in [-0.1, -0.05) is 99.7 Å². The zero-order chi connectivity index (χ0) is 39.4. The third kappa shape index (κ3) is 5.07. The van der Waals surface area contributed by atoms with Crippen LogP contribution in [0.3, 0.4) is 0 Å². The lowest BCUT2D eigenvalue weighted by Gasteiger charge is -2.25. The van der Waals surface area contributed by atoms with Crippen LogP contribution in [0.5, 0.6) is 0 Å². The Hall–Kier alpha value is -6.85. The van der Waals surface area contributed by atoms with Crippen LogP contribution in [0.4, 0.5) is 0 Å². The third-order valence-electron chi connectivity index (χ3n) is 13.3. The fraction of sp³-hybridized carbons (Fsp3) is 0.167. The highest BCUT2D eigenvalue weighted by atomic mass is 15.1. The molecule has 5 nitrogen and oxygen atoms in total. The lowest BCUT2D eigenvalue weighted by molar-refractivity contribution is 0.649.